The van der Waals surface area contributed by atoms with E-state index in [1.54, 1.807) is 31.2 Å². The van der Waals surface area contributed by atoms with Crippen molar-refractivity contribution in [3.05, 3.63) is 29.8 Å². The van der Waals surface area contributed by atoms with E-state index < -0.39 is 6.10 Å². The van der Waals surface area contributed by atoms with Gasteiger partial charge in [-0.3, -0.25) is 0 Å². The Bertz CT molecular complexity index is 408. The summed E-state index contributed by atoms with van der Waals surface area (Å²) in [5, 5.41) is 15.0. The van der Waals surface area contributed by atoms with Crippen LogP contribution in [0.1, 0.15) is 38.4 Å². The Morgan fingerprint density at radius 3 is 2.41 bits per heavy atom. The van der Waals surface area contributed by atoms with Gasteiger partial charge in [-0.1, -0.05) is 12.1 Å². The molecule has 4 nitrogen and oxygen atoms in total. The van der Waals surface area contributed by atoms with Crippen LogP contribution in [0.2, 0.25) is 0 Å². The molecule has 0 heterocycles. The van der Waals surface area contributed by atoms with E-state index in [4.69, 9.17) is 0 Å². The van der Waals surface area contributed by atoms with Gasteiger partial charge >= 0.3 is 6.03 Å². The molecule has 1 aliphatic carbocycles. The SMILES string of the molecule is CC(O)c1ccc(NC(=O)NC2(C)CC2)cc1. The minimum atomic E-state index is -0.483. The minimum Gasteiger partial charge on any atom is -0.389 e. The molecule has 1 saturated carbocycles. The van der Waals surface area contributed by atoms with E-state index in [1.807, 2.05) is 6.92 Å². The number of anilines is 1. The topological polar surface area (TPSA) is 61.4 Å². The van der Waals surface area contributed by atoms with Crippen molar-refractivity contribution < 1.29 is 9.90 Å². The summed E-state index contributed by atoms with van der Waals surface area (Å²) in [6.07, 6.45) is 1.60. The van der Waals surface area contributed by atoms with Gasteiger partial charge in [-0.25, -0.2) is 4.79 Å². The Morgan fingerprint density at radius 2 is 1.94 bits per heavy atom. The first-order valence-electron chi connectivity index (χ1n) is 5.86. The molecule has 0 spiro atoms. The average molecular weight is 234 g/mol. The summed E-state index contributed by atoms with van der Waals surface area (Å²) in [4.78, 5) is 11.6. The van der Waals surface area contributed by atoms with Crippen LogP contribution in [0.4, 0.5) is 10.5 Å². The molecule has 1 fully saturated rings. The molecule has 1 aromatic rings. The first-order chi connectivity index (χ1) is 7.98. The summed E-state index contributed by atoms with van der Waals surface area (Å²) in [7, 11) is 0. The molecular formula is C13H18N2O2. The van der Waals surface area contributed by atoms with Gasteiger partial charge in [0.15, 0.2) is 0 Å². The van der Waals surface area contributed by atoms with Gasteiger partial charge in [0.1, 0.15) is 0 Å². The number of aliphatic hydroxyl groups is 1. The Balaban J connectivity index is 1.92. The lowest BCUT2D eigenvalue weighted by Gasteiger charge is -2.13. The molecule has 0 aromatic heterocycles. The predicted molar refractivity (Wildman–Crippen MR) is 66.9 cm³/mol. The normalized spacial score (nSPS) is 18.3. The highest BCUT2D eigenvalue weighted by molar-refractivity contribution is 5.90. The molecule has 2 rings (SSSR count). The summed E-state index contributed by atoms with van der Waals surface area (Å²) < 4.78 is 0. The zero-order chi connectivity index (χ0) is 12.5. The van der Waals surface area contributed by atoms with E-state index in [0.29, 0.717) is 0 Å². The Labute approximate surface area is 101 Å². The van der Waals surface area contributed by atoms with Crippen LogP contribution >= 0.6 is 0 Å². The summed E-state index contributed by atoms with van der Waals surface area (Å²) in [6.45, 7) is 3.74. The standard InChI is InChI=1S/C13H18N2O2/c1-9(16)10-3-5-11(6-4-10)14-12(17)15-13(2)7-8-13/h3-6,9,16H,7-8H2,1-2H3,(H2,14,15,17). The first kappa shape index (κ1) is 11.9. The lowest BCUT2D eigenvalue weighted by Crippen LogP contribution is -2.37. The predicted octanol–water partition coefficient (Wildman–Crippen LogP) is 2.41. The fraction of sp³-hybridized carbons (Fsp3) is 0.462. The number of benzene rings is 1. The van der Waals surface area contributed by atoms with Crippen molar-refractivity contribution in [3.63, 3.8) is 0 Å². The molecule has 92 valence electrons. The van der Waals surface area contributed by atoms with Gasteiger partial charge in [-0.05, 0) is 44.4 Å². The molecule has 3 N–H and O–H groups in total. The molecule has 1 aromatic carbocycles. The number of urea groups is 1. The molecule has 0 saturated heterocycles. The minimum absolute atomic E-state index is 0.0103. The quantitative estimate of drug-likeness (QED) is 0.752. The highest BCUT2D eigenvalue weighted by atomic mass is 16.3. The third-order valence-electron chi connectivity index (χ3n) is 3.07. The van der Waals surface area contributed by atoms with Crippen LogP contribution in [0.15, 0.2) is 24.3 Å². The maximum Gasteiger partial charge on any atom is 0.319 e. The second-order valence-corrected chi connectivity index (χ2v) is 4.94. The second-order valence-electron chi connectivity index (χ2n) is 4.94. The van der Waals surface area contributed by atoms with Crippen LogP contribution in [0.5, 0.6) is 0 Å². The lowest BCUT2D eigenvalue weighted by atomic mass is 10.1. The molecule has 0 aliphatic heterocycles. The van der Waals surface area contributed by atoms with E-state index in [2.05, 4.69) is 10.6 Å². The number of hydrogen-bond donors (Lipinski definition) is 3. The third-order valence-corrected chi connectivity index (χ3v) is 3.07. The van der Waals surface area contributed by atoms with Gasteiger partial charge in [0, 0.05) is 11.2 Å². The third kappa shape index (κ3) is 3.20. The summed E-state index contributed by atoms with van der Waals surface area (Å²) in [5.41, 5.74) is 1.56. The summed E-state index contributed by atoms with van der Waals surface area (Å²) >= 11 is 0. The maximum absolute atomic E-state index is 11.6. The van der Waals surface area contributed by atoms with Crippen molar-refractivity contribution in [2.45, 2.75) is 38.3 Å². The molecule has 4 heteroatoms. The van der Waals surface area contributed by atoms with Crippen LogP contribution in [0.3, 0.4) is 0 Å². The lowest BCUT2D eigenvalue weighted by molar-refractivity contribution is 0.199. The van der Waals surface area contributed by atoms with Crippen molar-refractivity contribution in [2.24, 2.45) is 0 Å². The highest BCUT2D eigenvalue weighted by Gasteiger charge is 2.38. The number of nitrogens with one attached hydrogen (secondary N) is 2. The van der Waals surface area contributed by atoms with Gasteiger partial charge in [0.2, 0.25) is 0 Å². The second kappa shape index (κ2) is 4.37. The van der Waals surface area contributed by atoms with Crippen LogP contribution < -0.4 is 10.6 Å². The molecule has 1 aliphatic rings. The van der Waals surface area contributed by atoms with E-state index in [9.17, 15) is 9.90 Å². The van der Waals surface area contributed by atoms with Crippen LogP contribution in [-0.4, -0.2) is 16.7 Å². The summed E-state index contributed by atoms with van der Waals surface area (Å²) in [6, 6.07) is 7.01. The molecule has 2 amide bonds. The van der Waals surface area contributed by atoms with E-state index in [-0.39, 0.29) is 11.6 Å². The number of amides is 2. The van der Waals surface area contributed by atoms with Crippen molar-refractivity contribution in [2.75, 3.05) is 5.32 Å². The molecular weight excluding hydrogens is 216 g/mol. The fourth-order valence-electron chi connectivity index (χ4n) is 1.59. The molecule has 0 bridgehead atoms. The number of carbonyl (C=O) groups is 1. The Kier molecular flexibility index (Phi) is 3.07. The van der Waals surface area contributed by atoms with Gasteiger partial charge in [-0.15, -0.1) is 0 Å². The van der Waals surface area contributed by atoms with Crippen molar-refractivity contribution in [1.82, 2.24) is 5.32 Å². The first-order valence-corrected chi connectivity index (χ1v) is 5.86. The van der Waals surface area contributed by atoms with Gasteiger partial charge in [0.05, 0.1) is 6.10 Å². The van der Waals surface area contributed by atoms with E-state index in [1.165, 1.54) is 0 Å². The highest BCUT2D eigenvalue weighted by Crippen LogP contribution is 2.34. The van der Waals surface area contributed by atoms with Crippen molar-refractivity contribution in [1.29, 1.82) is 0 Å². The van der Waals surface area contributed by atoms with Gasteiger partial charge in [-0.2, -0.15) is 0 Å². The number of carbonyl (C=O) groups excluding carboxylic acids is 1. The van der Waals surface area contributed by atoms with Crippen LogP contribution in [0, 0.1) is 0 Å². The zero-order valence-corrected chi connectivity index (χ0v) is 10.2. The van der Waals surface area contributed by atoms with Gasteiger partial charge in [0.25, 0.3) is 0 Å². The van der Waals surface area contributed by atoms with Crippen molar-refractivity contribution >= 4 is 11.7 Å². The van der Waals surface area contributed by atoms with Crippen LogP contribution in [-0.2, 0) is 0 Å². The molecule has 1 unspecified atom stereocenters. The molecule has 1 atom stereocenters. The maximum atomic E-state index is 11.6. The zero-order valence-electron chi connectivity index (χ0n) is 10.2. The number of rotatable bonds is 3. The average Bonchev–Trinajstić information content (AvgIpc) is 2.96. The molecule has 17 heavy (non-hydrogen) atoms. The Hall–Kier alpha value is -1.55. The molecule has 0 radical (unpaired) electrons. The smallest absolute Gasteiger partial charge is 0.319 e. The van der Waals surface area contributed by atoms with Crippen molar-refractivity contribution in [3.8, 4) is 0 Å². The van der Waals surface area contributed by atoms with E-state index in [0.717, 1.165) is 24.1 Å². The monoisotopic (exact) mass is 234 g/mol. The summed E-state index contributed by atoms with van der Waals surface area (Å²) in [5.74, 6) is 0. The number of aliphatic hydroxyl groups excluding tert-OH is 1. The largest absolute Gasteiger partial charge is 0.389 e. The van der Waals surface area contributed by atoms with E-state index >= 15 is 0 Å². The van der Waals surface area contributed by atoms with Crippen LogP contribution in [0.25, 0.3) is 0 Å². The number of hydrogen-bond acceptors (Lipinski definition) is 2. The fourth-order valence-corrected chi connectivity index (χ4v) is 1.59. The Morgan fingerprint density at radius 1 is 1.35 bits per heavy atom. The van der Waals surface area contributed by atoms with Gasteiger partial charge < -0.3 is 15.7 Å².